The van der Waals surface area contributed by atoms with Crippen molar-refractivity contribution in [3.8, 4) is 11.5 Å². The van der Waals surface area contributed by atoms with E-state index in [0.717, 1.165) is 35.7 Å². The van der Waals surface area contributed by atoms with Gasteiger partial charge in [0.15, 0.2) is 11.5 Å². The van der Waals surface area contributed by atoms with Gasteiger partial charge in [-0.3, -0.25) is 4.79 Å². The number of benzene rings is 3. The standard InChI is InChI=1S/C30H27Br2N3O5/c1-39-26-13-21(24(32)15-27(26)40-17-18-7-9-20(10-8-18)30(37)38)16-33-35-28(19-5-3-2-4-6-19)34-25-12-11-22(31)14-23(25)29(35)36/h7-16,19H,2-6,17H2,1H3,(H,37,38). The molecule has 0 bridgehead atoms. The van der Waals surface area contributed by atoms with E-state index in [2.05, 4.69) is 37.0 Å². The maximum absolute atomic E-state index is 13.6. The molecule has 1 aliphatic rings. The molecule has 3 aromatic carbocycles. The van der Waals surface area contributed by atoms with Crippen LogP contribution in [0, 0.1) is 0 Å². The first kappa shape index (κ1) is 28.0. The van der Waals surface area contributed by atoms with E-state index in [4.69, 9.17) is 19.6 Å². The molecule has 1 aliphatic carbocycles. The third-order valence-electron chi connectivity index (χ3n) is 6.99. The highest BCUT2D eigenvalue weighted by Gasteiger charge is 2.22. The Hall–Kier alpha value is -3.50. The van der Waals surface area contributed by atoms with E-state index < -0.39 is 5.97 Å². The highest BCUT2D eigenvalue weighted by atomic mass is 79.9. The molecule has 0 aliphatic heterocycles. The van der Waals surface area contributed by atoms with Crippen molar-refractivity contribution < 1.29 is 19.4 Å². The smallest absolute Gasteiger partial charge is 0.335 e. The van der Waals surface area contributed by atoms with Crippen molar-refractivity contribution in [1.29, 1.82) is 0 Å². The van der Waals surface area contributed by atoms with Crippen LogP contribution in [0.3, 0.4) is 0 Å². The molecule has 0 unspecified atom stereocenters. The summed E-state index contributed by atoms with van der Waals surface area (Å²) < 4.78 is 14.5. The third-order valence-corrected chi connectivity index (χ3v) is 8.17. The number of aromatic nitrogens is 2. The van der Waals surface area contributed by atoms with Crippen molar-refractivity contribution in [2.24, 2.45) is 5.10 Å². The van der Waals surface area contributed by atoms with Gasteiger partial charge in [0.2, 0.25) is 0 Å². The lowest BCUT2D eigenvalue weighted by molar-refractivity contribution is 0.0697. The molecule has 1 saturated carbocycles. The molecule has 10 heteroatoms. The number of nitrogens with zero attached hydrogens (tertiary/aromatic N) is 3. The Balaban J connectivity index is 1.46. The number of fused-ring (bicyclic) bond motifs is 1. The van der Waals surface area contributed by atoms with E-state index in [-0.39, 0.29) is 23.6 Å². The number of rotatable bonds is 8. The van der Waals surface area contributed by atoms with Crippen molar-refractivity contribution in [3.05, 3.63) is 96.4 Å². The van der Waals surface area contributed by atoms with Gasteiger partial charge in [-0.2, -0.15) is 9.78 Å². The molecule has 0 saturated heterocycles. The summed E-state index contributed by atoms with van der Waals surface area (Å²) in [6.07, 6.45) is 6.99. The van der Waals surface area contributed by atoms with Crippen molar-refractivity contribution in [1.82, 2.24) is 9.66 Å². The number of halogens is 2. The largest absolute Gasteiger partial charge is 0.493 e. The van der Waals surface area contributed by atoms with Gasteiger partial charge in [-0.05, 0) is 76.8 Å². The lowest BCUT2D eigenvalue weighted by Crippen LogP contribution is -2.25. The molecule has 206 valence electrons. The second kappa shape index (κ2) is 12.3. The summed E-state index contributed by atoms with van der Waals surface area (Å²) in [5, 5.41) is 14.2. The van der Waals surface area contributed by atoms with E-state index >= 15 is 0 Å². The van der Waals surface area contributed by atoms with Crippen molar-refractivity contribution in [2.75, 3.05) is 7.11 Å². The maximum atomic E-state index is 13.6. The molecular formula is C30H27Br2N3O5. The fourth-order valence-electron chi connectivity index (χ4n) is 4.85. The van der Waals surface area contributed by atoms with Gasteiger partial charge in [-0.15, -0.1) is 0 Å². The molecule has 8 nitrogen and oxygen atoms in total. The van der Waals surface area contributed by atoms with E-state index in [1.54, 1.807) is 43.7 Å². The second-order valence-corrected chi connectivity index (χ2v) is 11.4. The predicted molar refractivity (Wildman–Crippen MR) is 161 cm³/mol. The number of carbonyl (C=O) groups is 1. The molecule has 0 radical (unpaired) electrons. The van der Waals surface area contributed by atoms with Crippen molar-refractivity contribution in [2.45, 2.75) is 44.6 Å². The Kier molecular flexibility index (Phi) is 8.66. The van der Waals surface area contributed by atoms with Gasteiger partial charge in [0, 0.05) is 20.4 Å². The number of carboxylic acids is 1. The first-order valence-corrected chi connectivity index (χ1v) is 14.5. The van der Waals surface area contributed by atoms with Crippen LogP contribution in [0.2, 0.25) is 0 Å². The molecule has 1 N–H and O–H groups in total. The van der Waals surface area contributed by atoms with E-state index in [1.807, 2.05) is 12.1 Å². The minimum absolute atomic E-state index is 0.171. The molecular weight excluding hydrogens is 642 g/mol. The second-order valence-electron chi connectivity index (χ2n) is 9.64. The van der Waals surface area contributed by atoms with Gasteiger partial charge in [-0.25, -0.2) is 9.78 Å². The van der Waals surface area contributed by atoms with E-state index in [9.17, 15) is 9.59 Å². The molecule has 1 fully saturated rings. The van der Waals surface area contributed by atoms with Crippen LogP contribution >= 0.6 is 31.9 Å². The number of methoxy groups -OCH3 is 1. The zero-order valence-electron chi connectivity index (χ0n) is 21.8. The summed E-state index contributed by atoms with van der Waals surface area (Å²) in [6, 6.07) is 15.6. The summed E-state index contributed by atoms with van der Waals surface area (Å²) in [5.41, 5.74) is 2.19. The van der Waals surface area contributed by atoms with Gasteiger partial charge in [0.05, 0.1) is 29.8 Å². The first-order chi connectivity index (χ1) is 19.3. The lowest BCUT2D eigenvalue weighted by Gasteiger charge is -2.22. The van der Waals surface area contributed by atoms with Gasteiger partial charge >= 0.3 is 5.97 Å². The fourth-order valence-corrected chi connectivity index (χ4v) is 5.64. The summed E-state index contributed by atoms with van der Waals surface area (Å²) in [7, 11) is 1.55. The molecule has 5 rings (SSSR count). The highest BCUT2D eigenvalue weighted by Crippen LogP contribution is 2.34. The Morgan fingerprint density at radius 2 is 1.82 bits per heavy atom. The zero-order valence-corrected chi connectivity index (χ0v) is 24.9. The minimum Gasteiger partial charge on any atom is -0.493 e. The van der Waals surface area contributed by atoms with Gasteiger partial charge in [0.1, 0.15) is 12.4 Å². The van der Waals surface area contributed by atoms with Crippen LogP contribution in [-0.4, -0.2) is 34.1 Å². The fraction of sp³-hybridized carbons (Fsp3) is 0.267. The topological polar surface area (TPSA) is 103 Å². The van der Waals surface area contributed by atoms with Gasteiger partial charge in [0.25, 0.3) is 5.56 Å². The molecule has 0 spiro atoms. The molecule has 40 heavy (non-hydrogen) atoms. The zero-order chi connectivity index (χ0) is 28.2. The van der Waals surface area contributed by atoms with Gasteiger partial charge in [-0.1, -0.05) is 47.3 Å². The number of hydrogen-bond acceptors (Lipinski definition) is 6. The van der Waals surface area contributed by atoms with Gasteiger partial charge < -0.3 is 14.6 Å². The third kappa shape index (κ3) is 6.13. The Morgan fingerprint density at radius 1 is 1.07 bits per heavy atom. The number of ether oxygens (including phenoxy) is 2. The quantitative estimate of drug-likeness (QED) is 0.200. The maximum Gasteiger partial charge on any atom is 0.335 e. The lowest BCUT2D eigenvalue weighted by atomic mass is 9.88. The molecule has 1 heterocycles. The average molecular weight is 669 g/mol. The van der Waals surface area contributed by atoms with Crippen LogP contribution in [-0.2, 0) is 6.61 Å². The van der Waals surface area contributed by atoms with Crippen LogP contribution in [0.4, 0.5) is 0 Å². The van der Waals surface area contributed by atoms with Crippen molar-refractivity contribution in [3.63, 3.8) is 0 Å². The Morgan fingerprint density at radius 3 is 2.52 bits per heavy atom. The summed E-state index contributed by atoms with van der Waals surface area (Å²) in [5.74, 6) is 0.881. The summed E-state index contributed by atoms with van der Waals surface area (Å²) in [6.45, 7) is 0.231. The van der Waals surface area contributed by atoms with Crippen LogP contribution in [0.5, 0.6) is 11.5 Å². The molecule has 0 atom stereocenters. The average Bonchev–Trinajstić information content (AvgIpc) is 2.97. The van der Waals surface area contributed by atoms with Crippen LogP contribution < -0.4 is 15.0 Å². The molecule has 4 aromatic rings. The van der Waals surface area contributed by atoms with E-state index in [1.165, 1.54) is 23.2 Å². The van der Waals surface area contributed by atoms with Crippen LogP contribution in [0.1, 0.15) is 65.3 Å². The Labute approximate surface area is 247 Å². The highest BCUT2D eigenvalue weighted by molar-refractivity contribution is 9.10. The SMILES string of the molecule is COc1cc(C=Nn2c(C3CCCCC3)nc3ccc(Br)cc3c2=O)c(Br)cc1OCc1ccc(C(=O)O)cc1. The minimum atomic E-state index is -0.976. The number of aromatic carboxylic acids is 1. The molecule has 0 amide bonds. The monoisotopic (exact) mass is 667 g/mol. The van der Waals surface area contributed by atoms with Crippen LogP contribution in [0.15, 0.2) is 73.4 Å². The number of carboxylic acid groups (broad SMARTS) is 1. The normalized spacial score (nSPS) is 14.1. The van der Waals surface area contributed by atoms with Crippen molar-refractivity contribution >= 4 is 54.9 Å². The summed E-state index contributed by atoms with van der Waals surface area (Å²) >= 11 is 7.06. The predicted octanol–water partition coefficient (Wildman–Crippen LogP) is 7.14. The van der Waals surface area contributed by atoms with E-state index in [0.29, 0.717) is 38.3 Å². The van der Waals surface area contributed by atoms with Crippen LogP contribution in [0.25, 0.3) is 10.9 Å². The number of hydrogen-bond donors (Lipinski definition) is 1. The molecule has 1 aromatic heterocycles. The Bertz CT molecular complexity index is 1640. The summed E-state index contributed by atoms with van der Waals surface area (Å²) in [4.78, 5) is 29.6. The first-order valence-electron chi connectivity index (χ1n) is 12.9.